The number of aryl methyl sites for hydroxylation is 1. The lowest BCUT2D eigenvalue weighted by molar-refractivity contribution is 0.570. The summed E-state index contributed by atoms with van der Waals surface area (Å²) in [5.41, 5.74) is 0.167. The van der Waals surface area contributed by atoms with Crippen molar-refractivity contribution in [2.75, 3.05) is 0 Å². The summed E-state index contributed by atoms with van der Waals surface area (Å²) >= 11 is 1.53. The third-order valence-corrected chi connectivity index (χ3v) is 3.99. The van der Waals surface area contributed by atoms with Crippen LogP contribution >= 0.6 is 22.6 Å². The van der Waals surface area contributed by atoms with Gasteiger partial charge in [0.05, 0.1) is 9.13 Å². The molecule has 0 saturated heterocycles. The van der Waals surface area contributed by atoms with Crippen LogP contribution in [0.25, 0.3) is 0 Å². The number of hydrogen-bond acceptors (Lipinski definition) is 0. The largest absolute Gasteiger partial charge is 0.206 e. The molecule has 0 unspecified atom stereocenters. The average molecular weight is 418 g/mol. The molecule has 2 aromatic rings. The Labute approximate surface area is 139 Å². The molecule has 0 bridgehead atoms. The Morgan fingerprint density at radius 1 is 0.864 bits per heavy atom. The molecule has 0 fully saturated rings. The van der Waals surface area contributed by atoms with Gasteiger partial charge >= 0.3 is 0 Å². The summed E-state index contributed by atoms with van der Waals surface area (Å²) in [6, 6.07) is 4.51. The minimum Gasteiger partial charge on any atom is -0.206 e. The van der Waals surface area contributed by atoms with Crippen LogP contribution in [0.4, 0.5) is 17.6 Å². The molecular weight excluding hydrogens is 407 g/mol. The van der Waals surface area contributed by atoms with Gasteiger partial charge in [-0.3, -0.25) is 0 Å². The second kappa shape index (κ2) is 7.14. The Kier molecular flexibility index (Phi) is 5.46. The molecule has 0 spiro atoms. The Morgan fingerprint density at radius 3 is 1.91 bits per heavy atom. The lowest BCUT2D eigenvalue weighted by atomic mass is 10.1. The molecule has 0 nitrogen and oxygen atoms in total. The van der Waals surface area contributed by atoms with Crippen LogP contribution in [0.3, 0.4) is 0 Å². The van der Waals surface area contributed by atoms with E-state index in [1.807, 2.05) is 6.92 Å². The van der Waals surface area contributed by atoms with E-state index in [1.165, 1.54) is 34.7 Å². The minimum absolute atomic E-state index is 0.0202. The molecule has 0 aromatic heterocycles. The Hall–Kier alpha value is -1.55. The fourth-order valence-electron chi connectivity index (χ4n) is 1.94. The molecule has 114 valence electrons. The van der Waals surface area contributed by atoms with Crippen LogP contribution in [0.2, 0.25) is 0 Å². The quantitative estimate of drug-likeness (QED) is 0.272. The van der Waals surface area contributed by atoms with Gasteiger partial charge in [0.25, 0.3) is 0 Å². The van der Waals surface area contributed by atoms with E-state index >= 15 is 0 Å². The van der Waals surface area contributed by atoms with Crippen LogP contribution in [-0.2, 0) is 6.42 Å². The van der Waals surface area contributed by atoms with E-state index in [2.05, 4.69) is 11.8 Å². The van der Waals surface area contributed by atoms with Crippen molar-refractivity contribution in [1.29, 1.82) is 0 Å². The summed E-state index contributed by atoms with van der Waals surface area (Å²) in [6.45, 7) is 1.91. The van der Waals surface area contributed by atoms with E-state index in [0.717, 1.165) is 18.6 Å². The topological polar surface area (TPSA) is 0 Å². The summed E-state index contributed by atoms with van der Waals surface area (Å²) in [7, 11) is 0. The third kappa shape index (κ3) is 3.80. The van der Waals surface area contributed by atoms with Crippen molar-refractivity contribution >= 4 is 22.6 Å². The molecule has 0 atom stereocenters. The van der Waals surface area contributed by atoms with Gasteiger partial charge in [0.2, 0.25) is 0 Å². The van der Waals surface area contributed by atoms with E-state index in [0.29, 0.717) is 12.0 Å². The monoisotopic (exact) mass is 418 g/mol. The molecule has 0 aliphatic heterocycles. The maximum absolute atomic E-state index is 13.9. The molecule has 0 amide bonds. The van der Waals surface area contributed by atoms with E-state index in [9.17, 15) is 17.6 Å². The van der Waals surface area contributed by atoms with Crippen molar-refractivity contribution in [2.45, 2.75) is 19.8 Å². The van der Waals surface area contributed by atoms with E-state index < -0.39 is 28.8 Å². The van der Waals surface area contributed by atoms with Crippen LogP contribution in [0, 0.1) is 38.7 Å². The average Bonchev–Trinajstić information content (AvgIpc) is 2.44. The fourth-order valence-corrected chi connectivity index (χ4v) is 2.25. The first-order valence-electron chi connectivity index (χ1n) is 6.56. The van der Waals surface area contributed by atoms with Crippen molar-refractivity contribution in [3.8, 4) is 11.8 Å². The van der Waals surface area contributed by atoms with Gasteiger partial charge in [-0.15, -0.1) is 0 Å². The molecular formula is C17H11F4I. The molecule has 22 heavy (non-hydrogen) atoms. The summed E-state index contributed by atoms with van der Waals surface area (Å²) < 4.78 is 54.4. The van der Waals surface area contributed by atoms with Crippen molar-refractivity contribution in [3.63, 3.8) is 0 Å². The zero-order valence-corrected chi connectivity index (χ0v) is 13.8. The molecule has 2 aromatic carbocycles. The maximum atomic E-state index is 13.9. The zero-order valence-electron chi connectivity index (χ0n) is 11.6. The van der Waals surface area contributed by atoms with Crippen molar-refractivity contribution < 1.29 is 17.6 Å². The van der Waals surface area contributed by atoms with Crippen molar-refractivity contribution in [3.05, 3.63) is 67.8 Å². The minimum atomic E-state index is -0.776. The number of halogens is 5. The van der Waals surface area contributed by atoms with Gasteiger partial charge in [-0.05, 0) is 58.8 Å². The highest BCUT2D eigenvalue weighted by atomic mass is 127. The van der Waals surface area contributed by atoms with Crippen LogP contribution in [-0.4, -0.2) is 0 Å². The maximum Gasteiger partial charge on any atom is 0.142 e. The van der Waals surface area contributed by atoms with E-state index in [1.54, 1.807) is 0 Å². The summed E-state index contributed by atoms with van der Waals surface area (Å²) in [5.74, 6) is 1.62. The molecule has 0 radical (unpaired) electrons. The predicted octanol–water partition coefficient (Wildman–Crippen LogP) is 5.20. The van der Waals surface area contributed by atoms with Gasteiger partial charge in [0.15, 0.2) is 0 Å². The van der Waals surface area contributed by atoms with Crippen LogP contribution < -0.4 is 0 Å². The van der Waals surface area contributed by atoms with Gasteiger partial charge in [-0.25, -0.2) is 17.6 Å². The van der Waals surface area contributed by atoms with Gasteiger partial charge in [0, 0.05) is 5.56 Å². The second-order valence-corrected chi connectivity index (χ2v) is 5.77. The van der Waals surface area contributed by atoms with Gasteiger partial charge in [-0.2, -0.15) is 0 Å². The Morgan fingerprint density at radius 2 is 1.41 bits per heavy atom. The first-order chi connectivity index (χ1) is 10.4. The predicted molar refractivity (Wildman–Crippen MR) is 85.4 cm³/mol. The smallest absolute Gasteiger partial charge is 0.142 e. The molecule has 0 aliphatic carbocycles. The first kappa shape index (κ1) is 16.8. The molecule has 0 N–H and O–H groups in total. The Balaban J connectivity index is 2.40. The first-order valence-corrected chi connectivity index (χ1v) is 7.64. The van der Waals surface area contributed by atoms with Gasteiger partial charge in [0.1, 0.15) is 23.3 Å². The third-order valence-electron chi connectivity index (χ3n) is 2.96. The molecule has 5 heteroatoms. The standard InChI is InChI=1S/C17H11F4I/c1-2-3-10-6-13(18)12(14(19)7-10)5-4-11-8-15(20)17(22)16(21)9-11/h6-9H,2-3H2,1H3. The lowest BCUT2D eigenvalue weighted by Gasteiger charge is -2.03. The SMILES string of the molecule is CCCc1cc(F)c(C#Cc2cc(F)c(I)c(F)c2)c(F)c1. The normalized spacial score (nSPS) is 10.3. The van der Waals surface area contributed by atoms with Gasteiger partial charge < -0.3 is 0 Å². The highest BCUT2D eigenvalue weighted by Crippen LogP contribution is 2.18. The summed E-state index contributed by atoms with van der Waals surface area (Å²) in [4.78, 5) is 0. The van der Waals surface area contributed by atoms with Gasteiger partial charge in [-0.1, -0.05) is 25.2 Å². The zero-order chi connectivity index (χ0) is 16.3. The highest BCUT2D eigenvalue weighted by molar-refractivity contribution is 14.1. The van der Waals surface area contributed by atoms with E-state index in [4.69, 9.17) is 0 Å². The van der Waals surface area contributed by atoms with Crippen molar-refractivity contribution in [1.82, 2.24) is 0 Å². The molecule has 0 aliphatic rings. The number of rotatable bonds is 2. The summed E-state index contributed by atoms with van der Waals surface area (Å²) in [5, 5.41) is 0. The van der Waals surface area contributed by atoms with Crippen LogP contribution in [0.1, 0.15) is 30.0 Å². The highest BCUT2D eigenvalue weighted by Gasteiger charge is 2.10. The number of benzene rings is 2. The Bertz CT molecular complexity index is 726. The number of hydrogen-bond donors (Lipinski definition) is 0. The molecule has 0 heterocycles. The second-order valence-electron chi connectivity index (χ2n) is 4.69. The fraction of sp³-hybridized carbons (Fsp3) is 0.176. The van der Waals surface area contributed by atoms with Crippen molar-refractivity contribution in [2.24, 2.45) is 0 Å². The van der Waals surface area contributed by atoms with E-state index in [-0.39, 0.29) is 9.13 Å². The summed E-state index contributed by atoms with van der Waals surface area (Å²) in [6.07, 6.45) is 1.33. The molecule has 0 saturated carbocycles. The van der Waals surface area contributed by atoms with Crippen LogP contribution in [0.5, 0.6) is 0 Å². The lowest BCUT2D eigenvalue weighted by Crippen LogP contribution is -1.95. The van der Waals surface area contributed by atoms with Crippen LogP contribution in [0.15, 0.2) is 24.3 Å². The molecule has 2 rings (SSSR count).